The molecule has 0 unspecified atom stereocenters. The van der Waals surface area contributed by atoms with Gasteiger partial charge in [-0.3, -0.25) is 14.9 Å². The molecule has 0 aliphatic heterocycles. The van der Waals surface area contributed by atoms with Gasteiger partial charge in [0.1, 0.15) is 11.4 Å². The molecule has 1 N–H and O–H groups in total. The first-order valence-electron chi connectivity index (χ1n) is 5.90. The maximum absolute atomic E-state index is 13.2. The molecule has 0 bridgehead atoms. The molecule has 1 amide bonds. The predicted molar refractivity (Wildman–Crippen MR) is 77.2 cm³/mol. The zero-order valence-corrected chi connectivity index (χ0v) is 11.6. The predicted octanol–water partition coefficient (Wildman–Crippen LogP) is 3.95. The highest BCUT2D eigenvalue weighted by atomic mass is 35.5. The minimum Gasteiger partial charge on any atom is -0.321 e. The number of anilines is 1. The molecular formula is C14H10ClFN2O3. The van der Waals surface area contributed by atoms with Gasteiger partial charge in [-0.1, -0.05) is 17.7 Å². The molecule has 0 saturated carbocycles. The molecule has 2 rings (SSSR count). The van der Waals surface area contributed by atoms with E-state index in [1.807, 2.05) is 0 Å². The number of amides is 1. The van der Waals surface area contributed by atoms with E-state index in [0.717, 1.165) is 18.2 Å². The summed E-state index contributed by atoms with van der Waals surface area (Å²) >= 11 is 5.93. The van der Waals surface area contributed by atoms with Gasteiger partial charge >= 0.3 is 0 Å². The Hall–Kier alpha value is -2.47. The summed E-state index contributed by atoms with van der Waals surface area (Å²) in [6.45, 7) is 1.69. The van der Waals surface area contributed by atoms with Crippen molar-refractivity contribution in [3.8, 4) is 0 Å². The van der Waals surface area contributed by atoms with Gasteiger partial charge in [0.05, 0.1) is 4.92 Å². The number of nitro groups is 1. The van der Waals surface area contributed by atoms with Gasteiger partial charge in [-0.15, -0.1) is 0 Å². The number of nitro benzene ring substituents is 1. The zero-order valence-electron chi connectivity index (χ0n) is 10.9. The Morgan fingerprint density at radius 2 is 2.05 bits per heavy atom. The Bertz CT molecular complexity index is 734. The van der Waals surface area contributed by atoms with Gasteiger partial charge in [0.15, 0.2) is 0 Å². The summed E-state index contributed by atoms with van der Waals surface area (Å²) in [6.07, 6.45) is 0. The van der Waals surface area contributed by atoms with Gasteiger partial charge in [0.25, 0.3) is 11.6 Å². The second kappa shape index (κ2) is 5.88. The van der Waals surface area contributed by atoms with Crippen LogP contribution in [0.25, 0.3) is 0 Å². The molecule has 0 spiro atoms. The Labute approximate surface area is 124 Å². The van der Waals surface area contributed by atoms with Crippen LogP contribution in [-0.2, 0) is 0 Å². The maximum Gasteiger partial charge on any atom is 0.282 e. The normalized spacial score (nSPS) is 10.2. The molecule has 0 aliphatic rings. The highest BCUT2D eigenvalue weighted by Gasteiger charge is 2.21. The zero-order chi connectivity index (χ0) is 15.6. The highest BCUT2D eigenvalue weighted by molar-refractivity contribution is 6.31. The van der Waals surface area contributed by atoms with E-state index in [2.05, 4.69) is 5.32 Å². The van der Waals surface area contributed by atoms with Crippen LogP contribution in [0, 0.1) is 22.9 Å². The van der Waals surface area contributed by atoms with Crippen LogP contribution in [0.3, 0.4) is 0 Å². The Balaban J connectivity index is 2.39. The average Bonchev–Trinajstić information content (AvgIpc) is 2.43. The molecule has 0 fully saturated rings. The van der Waals surface area contributed by atoms with E-state index >= 15 is 0 Å². The van der Waals surface area contributed by atoms with E-state index in [9.17, 15) is 19.3 Å². The number of carbonyl (C=O) groups is 1. The monoisotopic (exact) mass is 308 g/mol. The van der Waals surface area contributed by atoms with E-state index in [0.29, 0.717) is 16.3 Å². The van der Waals surface area contributed by atoms with Crippen molar-refractivity contribution in [2.75, 3.05) is 5.32 Å². The fourth-order valence-electron chi connectivity index (χ4n) is 1.78. The van der Waals surface area contributed by atoms with Crippen molar-refractivity contribution in [1.82, 2.24) is 0 Å². The lowest BCUT2D eigenvalue weighted by atomic mass is 10.1. The third kappa shape index (κ3) is 3.17. The molecule has 5 nitrogen and oxygen atoms in total. The second-order valence-corrected chi connectivity index (χ2v) is 4.69. The molecule has 2 aromatic carbocycles. The SMILES string of the molecule is Cc1c(Cl)cccc1NC(=O)c1cc(F)ccc1[N+](=O)[O-]. The number of benzene rings is 2. The fourth-order valence-corrected chi connectivity index (χ4v) is 1.96. The van der Waals surface area contributed by atoms with Gasteiger partial charge in [-0.05, 0) is 36.8 Å². The lowest BCUT2D eigenvalue weighted by Crippen LogP contribution is -2.15. The smallest absolute Gasteiger partial charge is 0.282 e. The van der Waals surface area contributed by atoms with Crippen LogP contribution in [0.2, 0.25) is 5.02 Å². The Morgan fingerprint density at radius 1 is 1.33 bits per heavy atom. The maximum atomic E-state index is 13.2. The molecular weight excluding hydrogens is 299 g/mol. The minimum atomic E-state index is -0.772. The number of hydrogen-bond donors (Lipinski definition) is 1. The number of halogens is 2. The van der Waals surface area contributed by atoms with E-state index in [1.54, 1.807) is 25.1 Å². The van der Waals surface area contributed by atoms with Crippen molar-refractivity contribution in [3.63, 3.8) is 0 Å². The van der Waals surface area contributed by atoms with Crippen molar-refractivity contribution in [2.24, 2.45) is 0 Å². The van der Waals surface area contributed by atoms with Crippen LogP contribution < -0.4 is 5.32 Å². The molecule has 21 heavy (non-hydrogen) atoms. The molecule has 0 aromatic heterocycles. The van der Waals surface area contributed by atoms with Gasteiger partial charge in [-0.25, -0.2) is 4.39 Å². The van der Waals surface area contributed by atoms with Gasteiger partial charge < -0.3 is 5.32 Å². The van der Waals surface area contributed by atoms with Gasteiger partial charge in [0, 0.05) is 16.8 Å². The standard InChI is InChI=1S/C14H10ClFN2O3/c1-8-11(15)3-2-4-12(8)17-14(19)10-7-9(16)5-6-13(10)18(20)21/h2-7H,1H3,(H,17,19). The quantitative estimate of drug-likeness (QED) is 0.689. The topological polar surface area (TPSA) is 72.2 Å². The minimum absolute atomic E-state index is 0.348. The molecule has 0 atom stereocenters. The first-order valence-corrected chi connectivity index (χ1v) is 6.28. The van der Waals surface area contributed by atoms with E-state index < -0.39 is 22.3 Å². The number of nitrogens with zero attached hydrogens (tertiary/aromatic N) is 1. The summed E-state index contributed by atoms with van der Waals surface area (Å²) in [5, 5.41) is 13.8. The van der Waals surface area contributed by atoms with Crippen LogP contribution in [-0.4, -0.2) is 10.8 Å². The molecule has 2 aromatic rings. The van der Waals surface area contributed by atoms with E-state index in [1.165, 1.54) is 0 Å². The second-order valence-electron chi connectivity index (χ2n) is 4.29. The van der Waals surface area contributed by atoms with Crippen molar-refractivity contribution < 1.29 is 14.1 Å². The highest BCUT2D eigenvalue weighted by Crippen LogP contribution is 2.25. The first-order chi connectivity index (χ1) is 9.90. The third-order valence-electron chi connectivity index (χ3n) is 2.92. The molecule has 0 aliphatic carbocycles. The fraction of sp³-hybridized carbons (Fsp3) is 0.0714. The Kier molecular flexibility index (Phi) is 4.18. The number of rotatable bonds is 3. The van der Waals surface area contributed by atoms with Gasteiger partial charge in [-0.2, -0.15) is 0 Å². The first kappa shape index (κ1) is 14.9. The summed E-state index contributed by atoms with van der Waals surface area (Å²) in [7, 11) is 0. The summed E-state index contributed by atoms with van der Waals surface area (Å²) in [6, 6.07) is 7.59. The average molecular weight is 309 g/mol. The summed E-state index contributed by atoms with van der Waals surface area (Å²) in [5.41, 5.74) is 0.214. The Morgan fingerprint density at radius 3 is 2.71 bits per heavy atom. The third-order valence-corrected chi connectivity index (χ3v) is 3.33. The van der Waals surface area contributed by atoms with Crippen LogP contribution in [0.4, 0.5) is 15.8 Å². The lowest BCUT2D eigenvalue weighted by molar-refractivity contribution is -0.385. The number of nitrogens with one attached hydrogen (secondary N) is 1. The molecule has 0 radical (unpaired) electrons. The van der Waals surface area contributed by atoms with Crippen molar-refractivity contribution in [2.45, 2.75) is 6.92 Å². The molecule has 108 valence electrons. The van der Waals surface area contributed by atoms with Crippen LogP contribution in [0.5, 0.6) is 0 Å². The van der Waals surface area contributed by atoms with Crippen LogP contribution in [0.15, 0.2) is 36.4 Å². The molecule has 0 saturated heterocycles. The lowest BCUT2D eigenvalue weighted by Gasteiger charge is -2.09. The van der Waals surface area contributed by atoms with Crippen molar-refractivity contribution in [1.29, 1.82) is 0 Å². The van der Waals surface area contributed by atoms with Crippen molar-refractivity contribution in [3.05, 3.63) is 68.5 Å². The summed E-state index contributed by atoms with van der Waals surface area (Å²) < 4.78 is 13.2. The largest absolute Gasteiger partial charge is 0.321 e. The van der Waals surface area contributed by atoms with Crippen LogP contribution in [0.1, 0.15) is 15.9 Å². The molecule has 0 heterocycles. The van der Waals surface area contributed by atoms with Crippen LogP contribution >= 0.6 is 11.6 Å². The van der Waals surface area contributed by atoms with E-state index in [-0.39, 0.29) is 5.56 Å². The van der Waals surface area contributed by atoms with Crippen molar-refractivity contribution >= 4 is 28.9 Å². The summed E-state index contributed by atoms with van der Waals surface area (Å²) in [4.78, 5) is 22.3. The number of carbonyl (C=O) groups excluding carboxylic acids is 1. The summed E-state index contributed by atoms with van der Waals surface area (Å²) in [5.74, 6) is -1.50. The number of hydrogen-bond acceptors (Lipinski definition) is 3. The van der Waals surface area contributed by atoms with E-state index in [4.69, 9.17) is 11.6 Å². The molecule has 7 heteroatoms. The van der Waals surface area contributed by atoms with Gasteiger partial charge in [0.2, 0.25) is 0 Å².